The second-order valence-corrected chi connectivity index (χ2v) is 10.3. The van der Waals surface area contributed by atoms with Crippen LogP contribution in [0.5, 0.6) is 0 Å². The molecular formula is C29H21N5OS2. The molecule has 180 valence electrons. The van der Waals surface area contributed by atoms with Crippen LogP contribution in [0.1, 0.15) is 5.56 Å². The molecule has 0 radical (unpaired) electrons. The number of para-hydroxylation sites is 2. The lowest BCUT2D eigenvalue weighted by molar-refractivity contribution is -0.121. The summed E-state index contributed by atoms with van der Waals surface area (Å²) in [6, 6.07) is 27.8. The molecule has 0 N–H and O–H groups in total. The number of rotatable bonds is 6. The molecule has 1 amide bonds. The van der Waals surface area contributed by atoms with Gasteiger partial charge in [0, 0.05) is 23.9 Å². The third kappa shape index (κ3) is 4.64. The highest BCUT2D eigenvalue weighted by Gasteiger charge is 2.33. The van der Waals surface area contributed by atoms with Gasteiger partial charge in [0.15, 0.2) is 5.17 Å². The van der Waals surface area contributed by atoms with E-state index in [1.54, 1.807) is 11.0 Å². The fourth-order valence-electron chi connectivity index (χ4n) is 4.04. The monoisotopic (exact) mass is 519 g/mol. The van der Waals surface area contributed by atoms with Gasteiger partial charge in [0.05, 0.1) is 26.5 Å². The summed E-state index contributed by atoms with van der Waals surface area (Å²) in [7, 11) is 0. The van der Waals surface area contributed by atoms with Crippen molar-refractivity contribution in [2.45, 2.75) is 0 Å². The average molecular weight is 520 g/mol. The largest absolute Gasteiger partial charge is 0.282 e. The van der Waals surface area contributed by atoms with Gasteiger partial charge in [-0.25, -0.2) is 9.67 Å². The zero-order valence-corrected chi connectivity index (χ0v) is 21.3. The van der Waals surface area contributed by atoms with Crippen LogP contribution in [-0.2, 0) is 4.79 Å². The summed E-state index contributed by atoms with van der Waals surface area (Å²) >= 11 is 2.85. The number of benzene rings is 3. The van der Waals surface area contributed by atoms with Crippen molar-refractivity contribution < 1.29 is 4.79 Å². The molecule has 0 spiro atoms. The number of carbonyl (C=O) groups excluding carboxylic acids is 1. The molecule has 6 rings (SSSR count). The van der Waals surface area contributed by atoms with E-state index in [2.05, 4.69) is 11.6 Å². The smallest absolute Gasteiger partial charge is 0.267 e. The highest BCUT2D eigenvalue weighted by atomic mass is 32.2. The van der Waals surface area contributed by atoms with E-state index >= 15 is 0 Å². The molecule has 1 aliphatic rings. The van der Waals surface area contributed by atoms with Gasteiger partial charge in [-0.05, 0) is 42.1 Å². The highest BCUT2D eigenvalue weighted by Crippen LogP contribution is 2.37. The number of carbonyl (C=O) groups is 1. The molecule has 1 saturated heterocycles. The molecule has 3 aromatic carbocycles. The van der Waals surface area contributed by atoms with Gasteiger partial charge in [0.2, 0.25) is 5.13 Å². The maximum Gasteiger partial charge on any atom is 0.267 e. The summed E-state index contributed by atoms with van der Waals surface area (Å²) in [6.07, 6.45) is 5.57. The molecule has 0 atom stereocenters. The van der Waals surface area contributed by atoms with Gasteiger partial charge >= 0.3 is 0 Å². The second-order valence-electron chi connectivity index (χ2n) is 8.25. The molecule has 0 bridgehead atoms. The summed E-state index contributed by atoms with van der Waals surface area (Å²) in [5.74, 6) is -0.115. The lowest BCUT2D eigenvalue weighted by Gasteiger charge is -2.11. The topological polar surface area (TPSA) is 63.4 Å². The van der Waals surface area contributed by atoms with Crippen LogP contribution in [0.4, 0.5) is 5.13 Å². The molecule has 5 aromatic rings. The Morgan fingerprint density at radius 3 is 2.43 bits per heavy atom. The first-order chi connectivity index (χ1) is 18.2. The minimum atomic E-state index is -0.115. The van der Waals surface area contributed by atoms with Crippen LogP contribution in [0.15, 0.2) is 114 Å². The Bertz CT molecular complexity index is 1640. The quantitative estimate of drug-likeness (QED) is 0.180. The first-order valence-corrected chi connectivity index (χ1v) is 13.3. The minimum Gasteiger partial charge on any atom is -0.282 e. The van der Waals surface area contributed by atoms with Crippen molar-refractivity contribution in [2.24, 2.45) is 4.99 Å². The van der Waals surface area contributed by atoms with Crippen molar-refractivity contribution >= 4 is 55.6 Å². The first-order valence-electron chi connectivity index (χ1n) is 11.7. The molecule has 8 heteroatoms. The SMILES string of the molecule is C=CCN1C(=O)/C(=C/c2cn(-c3ccccc3)nc2-c2ccccc2)S/C1=N/c1nc2ccccc2s1. The van der Waals surface area contributed by atoms with Crippen molar-refractivity contribution in [1.29, 1.82) is 0 Å². The van der Waals surface area contributed by atoms with Crippen molar-refractivity contribution in [3.8, 4) is 16.9 Å². The molecule has 2 aromatic heterocycles. The van der Waals surface area contributed by atoms with Crippen molar-refractivity contribution in [1.82, 2.24) is 19.7 Å². The number of nitrogens with zero attached hydrogens (tertiary/aromatic N) is 5. The van der Waals surface area contributed by atoms with E-state index in [-0.39, 0.29) is 5.91 Å². The van der Waals surface area contributed by atoms with Crippen LogP contribution in [0.25, 0.3) is 33.2 Å². The average Bonchev–Trinajstić information content (AvgIpc) is 3.62. The fourth-order valence-corrected chi connectivity index (χ4v) is 5.91. The summed E-state index contributed by atoms with van der Waals surface area (Å²) in [5, 5.41) is 6.08. The zero-order chi connectivity index (χ0) is 25.2. The van der Waals surface area contributed by atoms with E-state index in [1.165, 1.54) is 23.1 Å². The number of aliphatic imine (C=N–C) groups is 1. The number of amidine groups is 1. The minimum absolute atomic E-state index is 0.115. The predicted molar refractivity (Wildman–Crippen MR) is 153 cm³/mol. The predicted octanol–water partition coefficient (Wildman–Crippen LogP) is 6.94. The number of fused-ring (bicyclic) bond motifs is 1. The van der Waals surface area contributed by atoms with Gasteiger partial charge in [-0.3, -0.25) is 9.69 Å². The standard InChI is InChI=1S/C29H21N5OS2/c1-2-17-33-27(35)25(37-29(33)31-28-30-23-15-9-10-16-24(23)36-28)18-21-19-34(22-13-7-4-8-14-22)32-26(21)20-11-5-3-6-12-20/h2-16,18-19H,1,17H2/b25-18-,31-29+. The maximum absolute atomic E-state index is 13.5. The van der Waals surface area contributed by atoms with Crippen LogP contribution in [0, 0.1) is 0 Å². The van der Waals surface area contributed by atoms with E-state index in [0.29, 0.717) is 21.7 Å². The molecule has 0 aliphatic carbocycles. The van der Waals surface area contributed by atoms with E-state index in [1.807, 2.05) is 102 Å². The Balaban J connectivity index is 1.42. The normalized spacial score (nSPS) is 15.8. The number of thioether (sulfide) groups is 1. The highest BCUT2D eigenvalue weighted by molar-refractivity contribution is 8.18. The molecule has 37 heavy (non-hydrogen) atoms. The number of amides is 1. The van der Waals surface area contributed by atoms with Crippen molar-refractivity contribution in [2.75, 3.05) is 6.54 Å². The maximum atomic E-state index is 13.5. The number of thiazole rings is 1. The lowest BCUT2D eigenvalue weighted by Crippen LogP contribution is -2.29. The molecular weight excluding hydrogens is 498 g/mol. The van der Waals surface area contributed by atoms with Crippen LogP contribution in [0.2, 0.25) is 0 Å². The molecule has 0 unspecified atom stereocenters. The first kappa shape index (κ1) is 23.1. The summed E-state index contributed by atoms with van der Waals surface area (Å²) < 4.78 is 2.90. The Labute approximate surface area is 222 Å². The summed E-state index contributed by atoms with van der Waals surface area (Å²) in [6.45, 7) is 4.19. The van der Waals surface area contributed by atoms with E-state index in [4.69, 9.17) is 10.1 Å². The molecule has 0 saturated carbocycles. The van der Waals surface area contributed by atoms with Gasteiger partial charge in [-0.2, -0.15) is 10.1 Å². The van der Waals surface area contributed by atoms with Crippen LogP contribution >= 0.6 is 23.1 Å². The molecule has 3 heterocycles. The van der Waals surface area contributed by atoms with Crippen LogP contribution in [-0.4, -0.2) is 37.3 Å². The molecule has 1 aliphatic heterocycles. The summed E-state index contributed by atoms with van der Waals surface area (Å²) in [4.78, 5) is 25.0. The van der Waals surface area contributed by atoms with Crippen molar-refractivity contribution in [3.63, 3.8) is 0 Å². The Morgan fingerprint density at radius 2 is 1.68 bits per heavy atom. The number of aromatic nitrogens is 3. The van der Waals surface area contributed by atoms with E-state index in [9.17, 15) is 4.79 Å². The Kier molecular flexibility index (Phi) is 6.26. The van der Waals surface area contributed by atoms with Gasteiger partial charge in [0.1, 0.15) is 0 Å². The number of hydrogen-bond acceptors (Lipinski definition) is 6. The van der Waals surface area contributed by atoms with Gasteiger partial charge in [0.25, 0.3) is 5.91 Å². The Hall–Kier alpha value is -4.27. The van der Waals surface area contributed by atoms with E-state index in [0.717, 1.165) is 32.7 Å². The van der Waals surface area contributed by atoms with E-state index < -0.39 is 0 Å². The lowest BCUT2D eigenvalue weighted by atomic mass is 10.1. The van der Waals surface area contributed by atoms with Crippen molar-refractivity contribution in [3.05, 3.63) is 114 Å². The van der Waals surface area contributed by atoms with Crippen LogP contribution in [0.3, 0.4) is 0 Å². The van der Waals surface area contributed by atoms with Crippen LogP contribution < -0.4 is 0 Å². The molecule has 1 fully saturated rings. The zero-order valence-electron chi connectivity index (χ0n) is 19.7. The number of hydrogen-bond donors (Lipinski definition) is 0. The fraction of sp³-hybridized carbons (Fsp3) is 0.0345. The van der Waals surface area contributed by atoms with Gasteiger partial charge in [-0.15, -0.1) is 6.58 Å². The third-order valence-corrected chi connectivity index (χ3v) is 7.71. The third-order valence-electron chi connectivity index (χ3n) is 5.77. The van der Waals surface area contributed by atoms with Gasteiger partial charge < -0.3 is 0 Å². The summed E-state index contributed by atoms with van der Waals surface area (Å²) in [5.41, 5.74) is 4.47. The second kappa shape index (κ2) is 10.0. The molecule has 6 nitrogen and oxygen atoms in total. The Morgan fingerprint density at radius 1 is 0.946 bits per heavy atom. The van der Waals surface area contributed by atoms with Gasteiger partial charge in [-0.1, -0.05) is 78.1 Å².